The Morgan fingerprint density at radius 2 is 2.11 bits per heavy atom. The number of halogens is 1. The minimum Gasteiger partial charge on any atom is -0.354 e. The van der Waals surface area contributed by atoms with Gasteiger partial charge in [-0.2, -0.15) is 0 Å². The average Bonchev–Trinajstić information content (AvgIpc) is 3.32. The molecule has 1 aliphatic carbocycles. The summed E-state index contributed by atoms with van der Waals surface area (Å²) in [6.45, 7) is 3.13. The number of nitrogens with zero attached hydrogens (tertiary/aromatic N) is 1. The highest BCUT2D eigenvalue weighted by atomic mass is 35.5. The fourth-order valence-corrected chi connectivity index (χ4v) is 4.72. The number of hydrogen-bond donors (Lipinski definition) is 2. The predicted octanol–water partition coefficient (Wildman–Crippen LogP) is 2.48. The van der Waals surface area contributed by atoms with Crippen molar-refractivity contribution in [3.8, 4) is 0 Å². The van der Waals surface area contributed by atoms with Gasteiger partial charge in [0.15, 0.2) is 0 Å². The van der Waals surface area contributed by atoms with E-state index >= 15 is 0 Å². The number of carbonyl (C=O) groups is 2. The highest BCUT2D eigenvalue weighted by Crippen LogP contribution is 2.50. The average molecular weight is 390 g/mol. The molecule has 2 N–H and O–H groups in total. The lowest BCUT2D eigenvalue weighted by Crippen LogP contribution is -2.49. The fourth-order valence-electron chi connectivity index (χ4n) is 4.53. The van der Waals surface area contributed by atoms with E-state index in [0.29, 0.717) is 17.5 Å². The van der Waals surface area contributed by atoms with E-state index in [1.807, 2.05) is 29.2 Å². The van der Waals surface area contributed by atoms with Gasteiger partial charge in [0.2, 0.25) is 11.8 Å². The minimum absolute atomic E-state index is 0.0381. The maximum atomic E-state index is 13.3. The Hall–Kier alpha value is -1.59. The van der Waals surface area contributed by atoms with Gasteiger partial charge in [-0.05, 0) is 68.7 Å². The lowest BCUT2D eigenvalue weighted by Gasteiger charge is -2.35. The Labute approximate surface area is 165 Å². The Morgan fingerprint density at radius 1 is 1.26 bits per heavy atom. The van der Waals surface area contributed by atoms with Gasteiger partial charge in [0.1, 0.15) is 0 Å². The zero-order chi connectivity index (χ0) is 18.9. The number of nitrogens with one attached hydrogen (secondary N) is 2. The van der Waals surface area contributed by atoms with Gasteiger partial charge >= 0.3 is 0 Å². The molecule has 27 heavy (non-hydrogen) atoms. The van der Waals surface area contributed by atoms with Crippen LogP contribution in [-0.2, 0) is 15.0 Å². The van der Waals surface area contributed by atoms with E-state index < -0.39 is 0 Å². The number of hydrogen-bond acceptors (Lipinski definition) is 3. The summed E-state index contributed by atoms with van der Waals surface area (Å²) in [4.78, 5) is 27.5. The zero-order valence-corrected chi connectivity index (χ0v) is 16.4. The maximum Gasteiger partial charge on any atom is 0.237 e. The molecule has 0 aromatic heterocycles. The first-order valence-electron chi connectivity index (χ1n) is 10.1. The number of benzene rings is 1. The molecular formula is C21H28ClN3O2. The van der Waals surface area contributed by atoms with Gasteiger partial charge in [-0.1, -0.05) is 23.7 Å². The van der Waals surface area contributed by atoms with Gasteiger partial charge in [-0.15, -0.1) is 0 Å². The molecule has 2 unspecified atom stereocenters. The van der Waals surface area contributed by atoms with Crippen molar-refractivity contribution in [2.24, 2.45) is 5.92 Å². The van der Waals surface area contributed by atoms with Crippen molar-refractivity contribution in [3.05, 3.63) is 34.9 Å². The third-order valence-corrected chi connectivity index (χ3v) is 6.52. The number of rotatable bonds is 5. The summed E-state index contributed by atoms with van der Waals surface area (Å²) in [5.74, 6) is 0.676. The molecule has 1 aromatic rings. The third-order valence-electron chi connectivity index (χ3n) is 6.28. The standard InChI is InChI=1S/C21H28ClN3O2/c22-17-6-1-5-16(12-17)21(8-9-21)20(27)25-11-3-4-15(14-25)13-24-19(26)18-7-2-10-23-18/h1,5-6,12,15,18,23H,2-4,7-11,13-14H2,(H,24,26). The maximum absolute atomic E-state index is 13.3. The van der Waals surface area contributed by atoms with E-state index in [0.717, 1.165) is 63.7 Å². The lowest BCUT2D eigenvalue weighted by atomic mass is 9.91. The molecule has 1 aromatic carbocycles. The van der Waals surface area contributed by atoms with Crippen LogP contribution >= 0.6 is 11.6 Å². The number of amides is 2. The quantitative estimate of drug-likeness (QED) is 0.813. The van der Waals surface area contributed by atoms with E-state index in [2.05, 4.69) is 10.6 Å². The van der Waals surface area contributed by atoms with E-state index in [1.165, 1.54) is 0 Å². The molecule has 3 fully saturated rings. The van der Waals surface area contributed by atoms with Crippen LogP contribution in [0.4, 0.5) is 0 Å². The molecule has 0 radical (unpaired) electrons. The van der Waals surface area contributed by atoms with Gasteiger partial charge in [-0.25, -0.2) is 0 Å². The predicted molar refractivity (Wildman–Crippen MR) is 106 cm³/mol. The summed E-state index contributed by atoms with van der Waals surface area (Å²) >= 11 is 6.15. The van der Waals surface area contributed by atoms with Crippen molar-refractivity contribution >= 4 is 23.4 Å². The SMILES string of the molecule is O=C(NCC1CCCN(C(=O)C2(c3cccc(Cl)c3)CC2)C1)C1CCCN1. The van der Waals surface area contributed by atoms with Gasteiger partial charge in [0.05, 0.1) is 11.5 Å². The molecule has 2 aliphatic heterocycles. The molecule has 2 heterocycles. The van der Waals surface area contributed by atoms with Crippen molar-refractivity contribution in [2.45, 2.75) is 50.0 Å². The van der Waals surface area contributed by atoms with Crippen LogP contribution in [0.3, 0.4) is 0 Å². The van der Waals surface area contributed by atoms with E-state index in [-0.39, 0.29) is 23.3 Å². The molecular weight excluding hydrogens is 362 g/mol. The summed E-state index contributed by atoms with van der Waals surface area (Å²) in [5.41, 5.74) is 0.673. The second-order valence-corrected chi connectivity index (χ2v) is 8.68. The highest BCUT2D eigenvalue weighted by Gasteiger charge is 2.53. The Bertz CT molecular complexity index is 713. The molecule has 3 aliphatic rings. The largest absolute Gasteiger partial charge is 0.354 e. The van der Waals surface area contributed by atoms with Crippen LogP contribution in [0.2, 0.25) is 5.02 Å². The molecule has 4 rings (SSSR count). The van der Waals surface area contributed by atoms with Crippen LogP contribution in [0.15, 0.2) is 24.3 Å². The summed E-state index contributed by atoms with van der Waals surface area (Å²) in [5, 5.41) is 7.01. The topological polar surface area (TPSA) is 61.4 Å². The Balaban J connectivity index is 1.35. The highest BCUT2D eigenvalue weighted by molar-refractivity contribution is 6.30. The van der Waals surface area contributed by atoms with Crippen molar-refractivity contribution in [3.63, 3.8) is 0 Å². The van der Waals surface area contributed by atoms with Gasteiger partial charge in [0, 0.05) is 24.7 Å². The molecule has 5 nitrogen and oxygen atoms in total. The van der Waals surface area contributed by atoms with Crippen LogP contribution < -0.4 is 10.6 Å². The van der Waals surface area contributed by atoms with Crippen molar-refractivity contribution < 1.29 is 9.59 Å². The van der Waals surface area contributed by atoms with Crippen molar-refractivity contribution in [2.75, 3.05) is 26.2 Å². The molecule has 0 spiro atoms. The second kappa shape index (κ2) is 7.80. The van der Waals surface area contributed by atoms with Gasteiger partial charge in [0.25, 0.3) is 0 Å². The van der Waals surface area contributed by atoms with Crippen LogP contribution in [0.5, 0.6) is 0 Å². The first kappa shape index (κ1) is 18.8. The monoisotopic (exact) mass is 389 g/mol. The van der Waals surface area contributed by atoms with E-state index in [4.69, 9.17) is 11.6 Å². The number of piperidine rings is 1. The van der Waals surface area contributed by atoms with Gasteiger partial charge in [-0.3, -0.25) is 9.59 Å². The van der Waals surface area contributed by atoms with Crippen molar-refractivity contribution in [1.29, 1.82) is 0 Å². The van der Waals surface area contributed by atoms with Crippen LogP contribution in [0, 0.1) is 5.92 Å². The van der Waals surface area contributed by atoms with Crippen molar-refractivity contribution in [1.82, 2.24) is 15.5 Å². The summed E-state index contributed by atoms with van der Waals surface area (Å²) in [7, 11) is 0. The second-order valence-electron chi connectivity index (χ2n) is 8.25. The number of likely N-dealkylation sites (tertiary alicyclic amines) is 1. The summed E-state index contributed by atoms with van der Waals surface area (Å²) in [6, 6.07) is 7.69. The minimum atomic E-state index is -0.371. The zero-order valence-electron chi connectivity index (χ0n) is 15.7. The Morgan fingerprint density at radius 3 is 2.81 bits per heavy atom. The van der Waals surface area contributed by atoms with Crippen LogP contribution in [-0.4, -0.2) is 48.9 Å². The van der Waals surface area contributed by atoms with Crippen LogP contribution in [0.25, 0.3) is 0 Å². The fraction of sp³-hybridized carbons (Fsp3) is 0.619. The first-order valence-corrected chi connectivity index (χ1v) is 10.5. The Kier molecular flexibility index (Phi) is 5.42. The summed E-state index contributed by atoms with van der Waals surface area (Å²) < 4.78 is 0. The molecule has 6 heteroatoms. The lowest BCUT2D eigenvalue weighted by molar-refractivity contribution is -0.135. The molecule has 0 bridgehead atoms. The molecule has 2 saturated heterocycles. The molecule has 146 valence electrons. The number of carbonyl (C=O) groups excluding carboxylic acids is 2. The van der Waals surface area contributed by atoms with E-state index in [1.54, 1.807) is 0 Å². The van der Waals surface area contributed by atoms with Crippen LogP contribution in [0.1, 0.15) is 44.1 Å². The molecule has 1 saturated carbocycles. The van der Waals surface area contributed by atoms with Gasteiger partial charge < -0.3 is 15.5 Å². The molecule has 2 atom stereocenters. The summed E-state index contributed by atoms with van der Waals surface area (Å²) in [6.07, 6.45) is 5.85. The molecule has 2 amide bonds. The first-order chi connectivity index (χ1) is 13.1. The smallest absolute Gasteiger partial charge is 0.237 e. The van der Waals surface area contributed by atoms with E-state index in [9.17, 15) is 9.59 Å². The third kappa shape index (κ3) is 3.99. The normalized spacial score (nSPS) is 26.6.